The fraction of sp³-hybridized carbons (Fsp3) is 0.571. The molecule has 0 bridgehead atoms. The standard InChI is InChI=1S/C7H11NO4S/c8-6(7(9)10)5-1-3-13(11,12)4-2-5/h1,6H,2-4,8H2,(H,9,10). The highest BCUT2D eigenvalue weighted by Gasteiger charge is 2.23. The van der Waals surface area contributed by atoms with Gasteiger partial charge in [-0.3, -0.25) is 4.79 Å². The molecule has 0 spiro atoms. The summed E-state index contributed by atoms with van der Waals surface area (Å²) in [5.41, 5.74) is 5.82. The topological polar surface area (TPSA) is 97.5 Å². The predicted molar refractivity (Wildman–Crippen MR) is 47.0 cm³/mol. The monoisotopic (exact) mass is 205 g/mol. The van der Waals surface area contributed by atoms with Gasteiger partial charge in [-0.1, -0.05) is 6.08 Å². The molecule has 0 aromatic heterocycles. The molecule has 0 aromatic rings. The van der Waals surface area contributed by atoms with E-state index in [0.29, 0.717) is 5.57 Å². The van der Waals surface area contributed by atoms with Crippen LogP contribution in [0, 0.1) is 0 Å². The Morgan fingerprint density at radius 3 is 2.62 bits per heavy atom. The van der Waals surface area contributed by atoms with Crippen molar-refractivity contribution in [2.24, 2.45) is 5.73 Å². The zero-order chi connectivity index (χ0) is 10.1. The van der Waals surface area contributed by atoms with Crippen LogP contribution in [-0.4, -0.2) is 37.0 Å². The number of sulfone groups is 1. The number of nitrogens with two attached hydrogens (primary N) is 1. The second kappa shape index (κ2) is 3.47. The molecule has 1 rings (SSSR count). The van der Waals surface area contributed by atoms with E-state index in [1.54, 1.807) is 0 Å². The summed E-state index contributed by atoms with van der Waals surface area (Å²) in [4.78, 5) is 10.4. The average molecular weight is 205 g/mol. The van der Waals surface area contributed by atoms with Crippen molar-refractivity contribution >= 4 is 15.8 Å². The van der Waals surface area contributed by atoms with Gasteiger partial charge in [0.1, 0.15) is 6.04 Å². The maximum atomic E-state index is 11.0. The quantitative estimate of drug-likeness (QED) is 0.572. The summed E-state index contributed by atoms with van der Waals surface area (Å²) in [6, 6.07) is -1.06. The molecule has 0 aromatic carbocycles. The number of rotatable bonds is 2. The lowest BCUT2D eigenvalue weighted by Gasteiger charge is -2.16. The lowest BCUT2D eigenvalue weighted by atomic mass is 10.1. The van der Waals surface area contributed by atoms with Crippen LogP contribution in [0.4, 0.5) is 0 Å². The molecule has 13 heavy (non-hydrogen) atoms. The van der Waals surface area contributed by atoms with Crippen LogP contribution in [-0.2, 0) is 14.6 Å². The van der Waals surface area contributed by atoms with Crippen molar-refractivity contribution in [1.82, 2.24) is 0 Å². The number of hydrogen-bond donors (Lipinski definition) is 2. The Morgan fingerprint density at radius 2 is 2.23 bits per heavy atom. The van der Waals surface area contributed by atoms with E-state index in [4.69, 9.17) is 10.8 Å². The molecule has 1 atom stereocenters. The van der Waals surface area contributed by atoms with E-state index >= 15 is 0 Å². The van der Waals surface area contributed by atoms with Crippen LogP contribution in [0.15, 0.2) is 11.6 Å². The molecule has 1 heterocycles. The van der Waals surface area contributed by atoms with E-state index in [1.807, 2.05) is 0 Å². The third-order valence-electron chi connectivity index (χ3n) is 1.97. The van der Waals surface area contributed by atoms with Gasteiger partial charge in [0.15, 0.2) is 9.84 Å². The fourth-order valence-electron chi connectivity index (χ4n) is 1.13. The molecule has 0 saturated carbocycles. The highest BCUT2D eigenvalue weighted by Crippen LogP contribution is 2.14. The SMILES string of the molecule is NC(C(=O)O)C1=CCS(=O)(=O)CC1. The summed E-state index contributed by atoms with van der Waals surface area (Å²) < 4.78 is 21.9. The normalized spacial score (nSPS) is 23.3. The highest BCUT2D eigenvalue weighted by atomic mass is 32.2. The van der Waals surface area contributed by atoms with Crippen molar-refractivity contribution in [2.75, 3.05) is 11.5 Å². The zero-order valence-electron chi connectivity index (χ0n) is 6.93. The Kier molecular flexibility index (Phi) is 2.72. The summed E-state index contributed by atoms with van der Waals surface area (Å²) in [6.45, 7) is 0. The molecule has 1 aliphatic rings. The fourth-order valence-corrected chi connectivity index (χ4v) is 2.32. The third-order valence-corrected chi connectivity index (χ3v) is 3.47. The van der Waals surface area contributed by atoms with Gasteiger partial charge in [0.05, 0.1) is 11.5 Å². The third kappa shape index (κ3) is 2.53. The number of carboxylic acid groups (broad SMARTS) is 1. The van der Waals surface area contributed by atoms with Crippen LogP contribution in [0.25, 0.3) is 0 Å². The largest absolute Gasteiger partial charge is 0.480 e. The van der Waals surface area contributed by atoms with E-state index in [0.717, 1.165) is 0 Å². The molecular weight excluding hydrogens is 194 g/mol. The van der Waals surface area contributed by atoms with Gasteiger partial charge in [-0.25, -0.2) is 8.42 Å². The minimum absolute atomic E-state index is 0.000185. The van der Waals surface area contributed by atoms with Crippen LogP contribution in [0.3, 0.4) is 0 Å². The van der Waals surface area contributed by atoms with Crippen LogP contribution >= 0.6 is 0 Å². The minimum Gasteiger partial charge on any atom is -0.480 e. The summed E-state index contributed by atoms with van der Waals surface area (Å²) >= 11 is 0. The van der Waals surface area contributed by atoms with Gasteiger partial charge in [-0.05, 0) is 12.0 Å². The van der Waals surface area contributed by atoms with Crippen molar-refractivity contribution in [1.29, 1.82) is 0 Å². The molecule has 0 amide bonds. The van der Waals surface area contributed by atoms with Crippen molar-refractivity contribution in [3.63, 3.8) is 0 Å². The lowest BCUT2D eigenvalue weighted by Crippen LogP contribution is -2.35. The Morgan fingerprint density at radius 1 is 1.62 bits per heavy atom. The van der Waals surface area contributed by atoms with E-state index in [-0.39, 0.29) is 17.9 Å². The van der Waals surface area contributed by atoms with Crippen LogP contribution < -0.4 is 5.73 Å². The van der Waals surface area contributed by atoms with Gasteiger partial charge >= 0.3 is 5.97 Å². The van der Waals surface area contributed by atoms with Crippen LogP contribution in [0.5, 0.6) is 0 Å². The van der Waals surface area contributed by atoms with Crippen molar-refractivity contribution < 1.29 is 18.3 Å². The molecule has 0 fully saturated rings. The number of aliphatic carboxylic acids is 1. The highest BCUT2D eigenvalue weighted by molar-refractivity contribution is 7.91. The predicted octanol–water partition coefficient (Wildman–Crippen LogP) is -0.857. The summed E-state index contributed by atoms with van der Waals surface area (Å²) in [5.74, 6) is -1.21. The Hall–Kier alpha value is -0.880. The number of carboxylic acids is 1. The lowest BCUT2D eigenvalue weighted by molar-refractivity contribution is -0.137. The molecule has 0 aliphatic carbocycles. The zero-order valence-corrected chi connectivity index (χ0v) is 7.75. The smallest absolute Gasteiger partial charge is 0.324 e. The second-order valence-corrected chi connectivity index (χ2v) is 5.19. The molecule has 5 nitrogen and oxygen atoms in total. The molecule has 1 unspecified atom stereocenters. The van der Waals surface area contributed by atoms with Crippen molar-refractivity contribution in [3.05, 3.63) is 11.6 Å². The van der Waals surface area contributed by atoms with Crippen LogP contribution in [0.2, 0.25) is 0 Å². The first-order chi connectivity index (χ1) is 5.92. The first kappa shape index (κ1) is 10.2. The first-order valence-electron chi connectivity index (χ1n) is 3.80. The van der Waals surface area contributed by atoms with E-state index in [2.05, 4.69) is 0 Å². The van der Waals surface area contributed by atoms with Gasteiger partial charge in [-0.15, -0.1) is 0 Å². The van der Waals surface area contributed by atoms with Gasteiger partial charge < -0.3 is 10.8 Å². The Balaban J connectivity index is 2.77. The average Bonchev–Trinajstić information content (AvgIpc) is 2.03. The van der Waals surface area contributed by atoms with Gasteiger partial charge in [0.2, 0.25) is 0 Å². The van der Waals surface area contributed by atoms with Gasteiger partial charge in [-0.2, -0.15) is 0 Å². The second-order valence-electron chi connectivity index (χ2n) is 2.96. The number of carbonyl (C=O) groups is 1. The Bertz CT molecular complexity index is 344. The maximum absolute atomic E-state index is 11.0. The van der Waals surface area contributed by atoms with E-state index in [1.165, 1.54) is 6.08 Å². The molecule has 0 saturated heterocycles. The first-order valence-corrected chi connectivity index (χ1v) is 5.62. The number of hydrogen-bond acceptors (Lipinski definition) is 4. The Labute approximate surface area is 76.2 Å². The molecular formula is C7H11NO4S. The van der Waals surface area contributed by atoms with E-state index < -0.39 is 21.8 Å². The minimum atomic E-state index is -3.00. The van der Waals surface area contributed by atoms with Crippen molar-refractivity contribution in [3.8, 4) is 0 Å². The molecule has 3 N–H and O–H groups in total. The molecule has 74 valence electrons. The maximum Gasteiger partial charge on any atom is 0.324 e. The summed E-state index contributed by atoms with van der Waals surface area (Å²) in [5, 5.41) is 8.55. The summed E-state index contributed by atoms with van der Waals surface area (Å²) in [6.07, 6.45) is 1.63. The van der Waals surface area contributed by atoms with Gasteiger partial charge in [0.25, 0.3) is 0 Å². The van der Waals surface area contributed by atoms with Crippen LogP contribution in [0.1, 0.15) is 6.42 Å². The van der Waals surface area contributed by atoms with Crippen molar-refractivity contribution in [2.45, 2.75) is 12.5 Å². The van der Waals surface area contributed by atoms with Gasteiger partial charge in [0, 0.05) is 0 Å². The molecule has 0 radical (unpaired) electrons. The molecule has 6 heteroatoms. The summed E-state index contributed by atoms with van der Waals surface area (Å²) in [7, 11) is -3.00. The van der Waals surface area contributed by atoms with E-state index in [9.17, 15) is 13.2 Å². The molecule has 1 aliphatic heterocycles.